The van der Waals surface area contributed by atoms with E-state index >= 15 is 0 Å². The molecule has 0 bridgehead atoms. The van der Waals surface area contributed by atoms with Gasteiger partial charge in [0.1, 0.15) is 5.82 Å². The molecule has 3 heterocycles. The number of hydrogen-bond donors (Lipinski definition) is 1. The van der Waals surface area contributed by atoms with Crippen LogP contribution in [0.4, 0.5) is 5.82 Å². The number of nitrogens with zero attached hydrogens (tertiary/aromatic N) is 5. The number of morpholine rings is 1. The van der Waals surface area contributed by atoms with Crippen molar-refractivity contribution in [2.75, 3.05) is 44.8 Å². The van der Waals surface area contributed by atoms with Crippen molar-refractivity contribution in [1.29, 1.82) is 0 Å². The second-order valence-electron chi connectivity index (χ2n) is 9.08. The number of allylic oxidation sites excluding steroid dienone is 1. The molecule has 190 valence electrons. The number of ketones is 1. The summed E-state index contributed by atoms with van der Waals surface area (Å²) in [5.41, 5.74) is 5.96. The molecule has 5 rings (SSSR count). The third-order valence-corrected chi connectivity index (χ3v) is 6.31. The third-order valence-electron chi connectivity index (χ3n) is 6.31. The average Bonchev–Trinajstić information content (AvgIpc) is 3.57. The first-order chi connectivity index (χ1) is 17.5. The molecule has 2 aliphatic rings. The van der Waals surface area contributed by atoms with Crippen molar-refractivity contribution in [2.24, 2.45) is 0 Å². The Hall–Kier alpha value is -3.36. The summed E-state index contributed by atoms with van der Waals surface area (Å²) < 4.78 is 7.24. The molecule has 1 N–H and O–H groups in total. The number of Topliss-reactive ketones (excluding diaryl/α,β-unsaturated/α-hetero) is 1. The molecule has 8 nitrogen and oxygen atoms in total. The molecular weight excluding hydrogens is 452 g/mol. The van der Waals surface area contributed by atoms with E-state index in [1.165, 1.54) is 12.0 Å². The first kappa shape index (κ1) is 25.7. The third kappa shape index (κ3) is 5.88. The number of aryl methyl sites for hydroxylation is 1. The Kier molecular flexibility index (Phi) is 8.61. The Morgan fingerprint density at radius 1 is 1.14 bits per heavy atom. The minimum atomic E-state index is 0.160. The van der Waals surface area contributed by atoms with Gasteiger partial charge in [0.15, 0.2) is 5.78 Å². The quantitative estimate of drug-likeness (QED) is 0.538. The molecule has 36 heavy (non-hydrogen) atoms. The molecule has 0 amide bonds. The molecule has 0 spiro atoms. The molecule has 3 aromatic rings. The summed E-state index contributed by atoms with van der Waals surface area (Å²) in [6.45, 7) is 10.1. The minimum Gasteiger partial charge on any atom is -0.378 e. The smallest absolute Gasteiger partial charge is 0.253 e. The molecular formula is C28H36N6O2. The minimum absolute atomic E-state index is 0.160. The Morgan fingerprint density at radius 2 is 1.94 bits per heavy atom. The van der Waals surface area contributed by atoms with E-state index in [4.69, 9.17) is 14.7 Å². The zero-order valence-corrected chi connectivity index (χ0v) is 21.8. The molecule has 0 radical (unpaired) electrons. The van der Waals surface area contributed by atoms with Crippen molar-refractivity contribution in [3.63, 3.8) is 0 Å². The highest BCUT2D eigenvalue weighted by molar-refractivity contribution is 6.01. The van der Waals surface area contributed by atoms with E-state index in [0.717, 1.165) is 53.4 Å². The van der Waals surface area contributed by atoms with Gasteiger partial charge in [-0.3, -0.25) is 4.79 Å². The normalized spacial score (nSPS) is 14.7. The fourth-order valence-corrected chi connectivity index (χ4v) is 4.37. The summed E-state index contributed by atoms with van der Waals surface area (Å²) in [6.07, 6.45) is 8.02. The van der Waals surface area contributed by atoms with Gasteiger partial charge in [-0.25, -0.2) is 9.67 Å². The van der Waals surface area contributed by atoms with Crippen LogP contribution in [0.3, 0.4) is 0 Å². The van der Waals surface area contributed by atoms with Crippen LogP contribution in [0.25, 0.3) is 23.2 Å². The van der Waals surface area contributed by atoms with Gasteiger partial charge in [-0.05, 0) is 38.6 Å². The number of ether oxygens (including phenoxy) is 1. The Bertz CT molecular complexity index is 1220. The molecule has 0 saturated carbocycles. The lowest BCUT2D eigenvalue weighted by Gasteiger charge is -2.29. The molecule has 1 saturated heterocycles. The van der Waals surface area contributed by atoms with Crippen LogP contribution >= 0.6 is 0 Å². The maximum atomic E-state index is 12.3. The maximum Gasteiger partial charge on any atom is 0.253 e. The molecule has 1 aliphatic heterocycles. The van der Waals surface area contributed by atoms with Gasteiger partial charge < -0.3 is 15.0 Å². The number of anilines is 1. The molecule has 8 heteroatoms. The number of aromatic nitrogens is 4. The number of carbonyl (C=O) groups excluding carboxylic acids is 1. The standard InChI is InChI=1S/C24H25N5O2.C4H11N/c1-3-22(30)18-12-20-21(13-18)26-24(27-23(20)28-7-9-31-10-8-28)29-15-19(14-25-29)17-6-4-5-16(2)11-17;1-3-4-5-2/h4-6,11,13-15H,3,7-10,12H2,1-2H3;5H,3-4H2,1-2H3. The zero-order chi connectivity index (χ0) is 25.5. The molecule has 1 aromatic carbocycles. The summed E-state index contributed by atoms with van der Waals surface area (Å²) in [4.78, 5) is 24.2. The number of nitrogens with one attached hydrogen (secondary N) is 1. The monoisotopic (exact) mass is 488 g/mol. The van der Waals surface area contributed by atoms with E-state index < -0.39 is 0 Å². The highest BCUT2D eigenvalue weighted by Crippen LogP contribution is 2.33. The zero-order valence-electron chi connectivity index (χ0n) is 21.8. The van der Waals surface area contributed by atoms with Crippen LogP contribution in [0.15, 0.2) is 42.2 Å². The summed E-state index contributed by atoms with van der Waals surface area (Å²) >= 11 is 0. The van der Waals surface area contributed by atoms with Crippen LogP contribution in [0.1, 0.15) is 43.5 Å². The van der Waals surface area contributed by atoms with Gasteiger partial charge in [-0.15, -0.1) is 0 Å². The summed E-state index contributed by atoms with van der Waals surface area (Å²) in [6, 6.07) is 8.33. The number of carbonyl (C=O) groups is 1. The molecule has 2 aromatic heterocycles. The number of rotatable bonds is 7. The second-order valence-corrected chi connectivity index (χ2v) is 9.08. The van der Waals surface area contributed by atoms with Gasteiger partial charge in [0.2, 0.25) is 0 Å². The van der Waals surface area contributed by atoms with Crippen LogP contribution in [-0.2, 0) is 16.0 Å². The highest BCUT2D eigenvalue weighted by Gasteiger charge is 2.27. The van der Waals surface area contributed by atoms with Crippen LogP contribution in [-0.4, -0.2) is 65.4 Å². The van der Waals surface area contributed by atoms with Crippen molar-refractivity contribution < 1.29 is 9.53 Å². The second kappa shape index (κ2) is 12.1. The van der Waals surface area contributed by atoms with E-state index in [0.29, 0.717) is 32.0 Å². The van der Waals surface area contributed by atoms with Gasteiger partial charge in [-0.1, -0.05) is 43.7 Å². The molecule has 0 unspecified atom stereocenters. The fourth-order valence-electron chi connectivity index (χ4n) is 4.37. The fraction of sp³-hybridized carbons (Fsp3) is 0.429. The van der Waals surface area contributed by atoms with Crippen molar-refractivity contribution in [2.45, 2.75) is 40.0 Å². The Balaban J connectivity index is 0.000000556. The van der Waals surface area contributed by atoms with Crippen LogP contribution in [0, 0.1) is 6.92 Å². The van der Waals surface area contributed by atoms with Crippen molar-refractivity contribution >= 4 is 17.7 Å². The van der Waals surface area contributed by atoms with E-state index in [1.54, 1.807) is 4.68 Å². The average molecular weight is 489 g/mol. The Labute approximate surface area is 213 Å². The number of fused-ring (bicyclic) bond motifs is 1. The van der Waals surface area contributed by atoms with Crippen LogP contribution in [0.2, 0.25) is 0 Å². The Morgan fingerprint density at radius 3 is 2.61 bits per heavy atom. The van der Waals surface area contributed by atoms with Gasteiger partial charge >= 0.3 is 0 Å². The predicted molar refractivity (Wildman–Crippen MR) is 144 cm³/mol. The van der Waals surface area contributed by atoms with Gasteiger partial charge in [-0.2, -0.15) is 10.1 Å². The maximum absolute atomic E-state index is 12.3. The highest BCUT2D eigenvalue weighted by atomic mass is 16.5. The predicted octanol–water partition coefficient (Wildman–Crippen LogP) is 4.01. The molecule has 1 fully saturated rings. The van der Waals surface area contributed by atoms with E-state index in [9.17, 15) is 4.79 Å². The SMILES string of the molecule is CCC(=O)C1=Cc2nc(-n3cc(-c4cccc(C)c4)cn3)nc(N3CCOCC3)c2C1.CCCNC. The summed E-state index contributed by atoms with van der Waals surface area (Å²) in [5.74, 6) is 1.56. The lowest BCUT2D eigenvalue weighted by Crippen LogP contribution is -2.37. The first-order valence-electron chi connectivity index (χ1n) is 12.8. The van der Waals surface area contributed by atoms with E-state index in [1.807, 2.05) is 38.5 Å². The topological polar surface area (TPSA) is 85.2 Å². The number of hydrogen-bond acceptors (Lipinski definition) is 7. The lowest BCUT2D eigenvalue weighted by molar-refractivity contribution is -0.115. The largest absolute Gasteiger partial charge is 0.378 e. The molecule has 0 atom stereocenters. The van der Waals surface area contributed by atoms with Crippen molar-refractivity contribution in [3.8, 4) is 17.1 Å². The van der Waals surface area contributed by atoms with Crippen molar-refractivity contribution in [3.05, 3.63) is 59.1 Å². The first-order valence-corrected chi connectivity index (χ1v) is 12.8. The number of benzene rings is 1. The van der Waals surface area contributed by atoms with Crippen LogP contribution in [0.5, 0.6) is 0 Å². The summed E-state index contributed by atoms with van der Waals surface area (Å²) in [7, 11) is 1.96. The van der Waals surface area contributed by atoms with E-state index in [-0.39, 0.29) is 5.78 Å². The van der Waals surface area contributed by atoms with Gasteiger partial charge in [0.05, 0.1) is 25.1 Å². The van der Waals surface area contributed by atoms with Gasteiger partial charge in [0, 0.05) is 48.8 Å². The van der Waals surface area contributed by atoms with E-state index in [2.05, 4.69) is 47.4 Å². The summed E-state index contributed by atoms with van der Waals surface area (Å²) in [5, 5.41) is 7.55. The van der Waals surface area contributed by atoms with Crippen LogP contribution < -0.4 is 10.2 Å². The van der Waals surface area contributed by atoms with Gasteiger partial charge in [0.25, 0.3) is 5.95 Å². The molecule has 1 aliphatic carbocycles. The van der Waals surface area contributed by atoms with Crippen molar-refractivity contribution in [1.82, 2.24) is 25.1 Å². The lowest BCUT2D eigenvalue weighted by atomic mass is 10.1.